The van der Waals surface area contributed by atoms with Crippen LogP contribution in [0.15, 0.2) is 25.0 Å². The molecule has 1 heterocycles. The van der Waals surface area contributed by atoms with Crippen LogP contribution in [0, 0.1) is 0 Å². The van der Waals surface area contributed by atoms with Crippen LogP contribution in [0.25, 0.3) is 0 Å². The Morgan fingerprint density at radius 3 is 3.00 bits per heavy atom. The van der Waals surface area contributed by atoms with Gasteiger partial charge in [0, 0.05) is 18.8 Å². The van der Waals surface area contributed by atoms with E-state index in [2.05, 4.69) is 29.1 Å². The van der Waals surface area contributed by atoms with E-state index in [0.29, 0.717) is 6.04 Å². The molecule has 1 atom stereocenters. The summed E-state index contributed by atoms with van der Waals surface area (Å²) in [6, 6.07) is 0.603. The molecule has 90 valence electrons. The Morgan fingerprint density at radius 1 is 1.50 bits per heavy atom. The van der Waals surface area contributed by atoms with Gasteiger partial charge in [0.05, 0.1) is 12.7 Å². The maximum atomic E-state index is 3.93. The number of rotatable bonds is 9. The third-order valence-electron chi connectivity index (χ3n) is 2.60. The van der Waals surface area contributed by atoms with Crippen molar-refractivity contribution in [1.29, 1.82) is 0 Å². The van der Waals surface area contributed by atoms with Gasteiger partial charge in [-0.05, 0) is 19.3 Å². The molecule has 1 aromatic rings. The average Bonchev–Trinajstić information content (AvgIpc) is 2.79. The van der Waals surface area contributed by atoms with Crippen LogP contribution in [0.5, 0.6) is 0 Å². The number of hydrogen-bond donors (Lipinski definition) is 1. The highest BCUT2D eigenvalue weighted by Crippen LogP contribution is 2.04. The summed E-state index contributed by atoms with van der Waals surface area (Å²) in [6.45, 7) is 7.82. The van der Waals surface area contributed by atoms with Gasteiger partial charge < -0.3 is 5.32 Å². The molecular formula is C12H22N4. The van der Waals surface area contributed by atoms with Crippen LogP contribution in [-0.2, 0) is 6.54 Å². The first-order valence-corrected chi connectivity index (χ1v) is 6.05. The molecule has 1 N–H and O–H groups in total. The highest BCUT2D eigenvalue weighted by molar-refractivity contribution is 4.74. The molecular weight excluding hydrogens is 200 g/mol. The van der Waals surface area contributed by atoms with Crippen molar-refractivity contribution in [3.8, 4) is 0 Å². The molecule has 4 heteroatoms. The molecule has 1 rings (SSSR count). The standard InChI is InChI=1S/C12H22N4/c1-3-5-7-12(6-4-2)13-8-10-16-11-9-14-15-16/h3,9,11-13H,1,4-8,10H2,2H3. The summed E-state index contributed by atoms with van der Waals surface area (Å²) in [6.07, 6.45) is 10.3. The second-order valence-electron chi connectivity index (χ2n) is 3.97. The summed E-state index contributed by atoms with van der Waals surface area (Å²) in [5, 5.41) is 11.3. The molecule has 0 aliphatic rings. The first kappa shape index (κ1) is 12.9. The summed E-state index contributed by atoms with van der Waals surface area (Å²) >= 11 is 0. The van der Waals surface area contributed by atoms with Crippen molar-refractivity contribution < 1.29 is 0 Å². The number of aromatic nitrogens is 3. The van der Waals surface area contributed by atoms with E-state index in [1.165, 1.54) is 19.3 Å². The van der Waals surface area contributed by atoms with Gasteiger partial charge in [0.15, 0.2) is 0 Å². The second-order valence-corrected chi connectivity index (χ2v) is 3.97. The smallest absolute Gasteiger partial charge is 0.0692 e. The Bertz CT molecular complexity index is 269. The van der Waals surface area contributed by atoms with E-state index < -0.39 is 0 Å². The van der Waals surface area contributed by atoms with Gasteiger partial charge >= 0.3 is 0 Å². The van der Waals surface area contributed by atoms with Gasteiger partial charge in [-0.1, -0.05) is 24.6 Å². The van der Waals surface area contributed by atoms with Crippen molar-refractivity contribution in [2.45, 2.75) is 45.2 Å². The summed E-state index contributed by atoms with van der Waals surface area (Å²) in [7, 11) is 0. The molecule has 16 heavy (non-hydrogen) atoms. The maximum absolute atomic E-state index is 3.93. The molecule has 1 unspecified atom stereocenters. The Morgan fingerprint density at radius 2 is 2.38 bits per heavy atom. The van der Waals surface area contributed by atoms with Gasteiger partial charge in [-0.15, -0.1) is 11.7 Å². The van der Waals surface area contributed by atoms with Crippen LogP contribution in [-0.4, -0.2) is 27.6 Å². The zero-order chi connectivity index (χ0) is 11.6. The van der Waals surface area contributed by atoms with E-state index in [-0.39, 0.29) is 0 Å². The first-order valence-electron chi connectivity index (χ1n) is 6.05. The lowest BCUT2D eigenvalue weighted by atomic mass is 10.1. The van der Waals surface area contributed by atoms with E-state index in [4.69, 9.17) is 0 Å². The van der Waals surface area contributed by atoms with E-state index in [0.717, 1.165) is 19.5 Å². The minimum absolute atomic E-state index is 0.603. The van der Waals surface area contributed by atoms with E-state index in [9.17, 15) is 0 Å². The normalized spacial score (nSPS) is 12.6. The van der Waals surface area contributed by atoms with Crippen molar-refractivity contribution in [2.24, 2.45) is 0 Å². The highest BCUT2D eigenvalue weighted by atomic mass is 15.4. The average molecular weight is 222 g/mol. The lowest BCUT2D eigenvalue weighted by Gasteiger charge is -2.17. The van der Waals surface area contributed by atoms with Crippen molar-refractivity contribution in [3.05, 3.63) is 25.0 Å². The fraction of sp³-hybridized carbons (Fsp3) is 0.667. The molecule has 0 fully saturated rings. The number of nitrogens with zero attached hydrogens (tertiary/aromatic N) is 3. The summed E-state index contributed by atoms with van der Waals surface area (Å²) in [4.78, 5) is 0. The SMILES string of the molecule is C=CCCC(CCC)NCCn1ccnn1. The molecule has 0 saturated carbocycles. The summed E-state index contributed by atoms with van der Waals surface area (Å²) in [5.41, 5.74) is 0. The molecule has 4 nitrogen and oxygen atoms in total. The highest BCUT2D eigenvalue weighted by Gasteiger charge is 2.05. The van der Waals surface area contributed by atoms with E-state index in [1.807, 2.05) is 17.0 Å². The lowest BCUT2D eigenvalue weighted by Crippen LogP contribution is -2.31. The first-order chi connectivity index (χ1) is 7.86. The summed E-state index contributed by atoms with van der Waals surface area (Å²) in [5.74, 6) is 0. The van der Waals surface area contributed by atoms with Gasteiger partial charge in [0.1, 0.15) is 0 Å². The van der Waals surface area contributed by atoms with Gasteiger partial charge in [-0.25, -0.2) is 0 Å². The largest absolute Gasteiger partial charge is 0.312 e. The number of allylic oxidation sites excluding steroid dienone is 1. The third-order valence-corrected chi connectivity index (χ3v) is 2.60. The lowest BCUT2D eigenvalue weighted by molar-refractivity contribution is 0.427. The Kier molecular flexibility index (Phi) is 6.49. The number of hydrogen-bond acceptors (Lipinski definition) is 3. The molecule has 0 aliphatic heterocycles. The molecule has 0 bridgehead atoms. The van der Waals surface area contributed by atoms with Crippen molar-refractivity contribution >= 4 is 0 Å². The molecule has 1 aromatic heterocycles. The van der Waals surface area contributed by atoms with Crippen LogP contribution in [0.4, 0.5) is 0 Å². The van der Waals surface area contributed by atoms with Crippen molar-refractivity contribution in [1.82, 2.24) is 20.3 Å². The zero-order valence-corrected chi connectivity index (χ0v) is 10.1. The quantitative estimate of drug-likeness (QED) is 0.650. The van der Waals surface area contributed by atoms with Gasteiger partial charge in [0.25, 0.3) is 0 Å². The minimum atomic E-state index is 0.603. The molecule has 0 amide bonds. The fourth-order valence-corrected chi connectivity index (χ4v) is 1.75. The minimum Gasteiger partial charge on any atom is -0.312 e. The predicted molar refractivity (Wildman–Crippen MR) is 66.2 cm³/mol. The van der Waals surface area contributed by atoms with Crippen LogP contribution in [0.3, 0.4) is 0 Å². The van der Waals surface area contributed by atoms with Crippen LogP contribution in [0.1, 0.15) is 32.6 Å². The number of nitrogens with one attached hydrogen (secondary N) is 1. The third kappa shape index (κ3) is 5.07. The Balaban J connectivity index is 2.18. The maximum Gasteiger partial charge on any atom is 0.0692 e. The fourth-order valence-electron chi connectivity index (χ4n) is 1.75. The van der Waals surface area contributed by atoms with E-state index >= 15 is 0 Å². The van der Waals surface area contributed by atoms with E-state index in [1.54, 1.807) is 6.20 Å². The molecule has 0 saturated heterocycles. The van der Waals surface area contributed by atoms with Gasteiger partial charge in [0.2, 0.25) is 0 Å². The van der Waals surface area contributed by atoms with Crippen molar-refractivity contribution in [3.63, 3.8) is 0 Å². The molecule has 0 spiro atoms. The van der Waals surface area contributed by atoms with Crippen LogP contribution in [0.2, 0.25) is 0 Å². The Labute approximate surface area is 97.7 Å². The molecule has 0 radical (unpaired) electrons. The van der Waals surface area contributed by atoms with Gasteiger partial charge in [-0.2, -0.15) is 0 Å². The zero-order valence-electron chi connectivity index (χ0n) is 10.1. The van der Waals surface area contributed by atoms with Crippen LogP contribution >= 0.6 is 0 Å². The second kappa shape index (κ2) is 8.05. The monoisotopic (exact) mass is 222 g/mol. The van der Waals surface area contributed by atoms with Gasteiger partial charge in [-0.3, -0.25) is 4.68 Å². The topological polar surface area (TPSA) is 42.7 Å². The van der Waals surface area contributed by atoms with Crippen LogP contribution < -0.4 is 5.32 Å². The van der Waals surface area contributed by atoms with Crippen molar-refractivity contribution in [2.75, 3.05) is 6.54 Å². The Hall–Kier alpha value is -1.16. The molecule has 0 aromatic carbocycles. The molecule has 0 aliphatic carbocycles. The predicted octanol–water partition coefficient (Wildman–Crippen LogP) is 2.00. The summed E-state index contributed by atoms with van der Waals surface area (Å²) < 4.78 is 1.85.